The third kappa shape index (κ3) is 3.84. The van der Waals surface area contributed by atoms with Crippen LogP contribution < -0.4 is 4.74 Å². The summed E-state index contributed by atoms with van der Waals surface area (Å²) in [5.74, 6) is 0.879. The van der Waals surface area contributed by atoms with Gasteiger partial charge in [-0.15, -0.1) is 11.3 Å². The molecule has 0 spiro atoms. The normalized spacial score (nSPS) is 9.56. The highest BCUT2D eigenvalue weighted by molar-refractivity contribution is 7.13. The summed E-state index contributed by atoms with van der Waals surface area (Å²) in [6.07, 6.45) is 2.20. The van der Waals surface area contributed by atoms with Gasteiger partial charge in [0.2, 0.25) is 0 Å². The van der Waals surface area contributed by atoms with Gasteiger partial charge in [0, 0.05) is 10.9 Å². The number of hydrogen-bond acceptors (Lipinski definition) is 3. The molecule has 2 nitrogen and oxygen atoms in total. The lowest BCUT2D eigenvalue weighted by Gasteiger charge is -2.01. The summed E-state index contributed by atoms with van der Waals surface area (Å²) < 4.78 is 5.21. The predicted molar refractivity (Wildman–Crippen MR) is 79.4 cm³/mol. The van der Waals surface area contributed by atoms with Gasteiger partial charge in [-0.1, -0.05) is 39.3 Å². The second kappa shape index (κ2) is 7.88. The quantitative estimate of drug-likeness (QED) is 0.790. The molecule has 2 rings (SSSR count). The van der Waals surface area contributed by atoms with Gasteiger partial charge in [0.1, 0.15) is 10.8 Å². The maximum absolute atomic E-state index is 5.21. The van der Waals surface area contributed by atoms with Crippen LogP contribution in [0.2, 0.25) is 0 Å². The fourth-order valence-electron chi connectivity index (χ4n) is 1.57. The van der Waals surface area contributed by atoms with Crippen LogP contribution in [0.25, 0.3) is 10.6 Å². The lowest BCUT2D eigenvalue weighted by atomic mass is 10.2. The lowest BCUT2D eigenvalue weighted by Crippen LogP contribution is -1.85. The van der Waals surface area contributed by atoms with Gasteiger partial charge in [-0.25, -0.2) is 4.98 Å². The Kier molecular flexibility index (Phi) is 6.44. The number of benzene rings is 1. The van der Waals surface area contributed by atoms with Crippen molar-refractivity contribution in [1.29, 1.82) is 0 Å². The van der Waals surface area contributed by atoms with E-state index in [4.69, 9.17) is 4.74 Å². The molecule has 18 heavy (non-hydrogen) atoms. The van der Waals surface area contributed by atoms with Gasteiger partial charge >= 0.3 is 0 Å². The van der Waals surface area contributed by atoms with E-state index in [1.165, 1.54) is 5.69 Å². The Morgan fingerprint density at radius 2 is 2.06 bits per heavy atom. The lowest BCUT2D eigenvalue weighted by molar-refractivity contribution is 0.415. The number of ether oxygens (including phenoxy) is 1. The number of rotatable bonds is 4. The van der Waals surface area contributed by atoms with Gasteiger partial charge in [-0.2, -0.15) is 0 Å². The summed E-state index contributed by atoms with van der Waals surface area (Å²) in [6.45, 7) is 6.17. The Morgan fingerprint density at radius 3 is 2.72 bits per heavy atom. The molecule has 0 saturated heterocycles. The monoisotopic (exact) mass is 263 g/mol. The molecule has 0 unspecified atom stereocenters. The van der Waals surface area contributed by atoms with Gasteiger partial charge in [-0.05, 0) is 18.6 Å². The maximum atomic E-state index is 5.21. The minimum Gasteiger partial charge on any atom is -0.497 e. The molecule has 0 aliphatic carbocycles. The SMILES string of the molecule is CC.CCCc1csc(-c2cccc(OC)c2)n1. The highest BCUT2D eigenvalue weighted by Crippen LogP contribution is 2.27. The first-order valence-corrected chi connectivity index (χ1v) is 7.30. The minimum absolute atomic E-state index is 0.879. The highest BCUT2D eigenvalue weighted by atomic mass is 32.1. The van der Waals surface area contributed by atoms with Gasteiger partial charge in [0.25, 0.3) is 0 Å². The Morgan fingerprint density at radius 1 is 1.28 bits per heavy atom. The van der Waals surface area contributed by atoms with E-state index in [2.05, 4.69) is 23.4 Å². The summed E-state index contributed by atoms with van der Waals surface area (Å²) in [5, 5.41) is 3.21. The number of nitrogens with zero attached hydrogens (tertiary/aromatic N) is 1. The number of methoxy groups -OCH3 is 1. The van der Waals surface area contributed by atoms with Crippen LogP contribution in [0.1, 0.15) is 32.9 Å². The molecule has 0 aliphatic heterocycles. The summed E-state index contributed by atoms with van der Waals surface area (Å²) >= 11 is 1.70. The van der Waals surface area contributed by atoms with E-state index in [0.29, 0.717) is 0 Å². The first-order valence-electron chi connectivity index (χ1n) is 6.42. The van der Waals surface area contributed by atoms with Crippen LogP contribution in [0, 0.1) is 0 Å². The summed E-state index contributed by atoms with van der Waals surface area (Å²) in [4.78, 5) is 4.61. The molecule has 98 valence electrons. The second-order valence-electron chi connectivity index (χ2n) is 3.63. The largest absolute Gasteiger partial charge is 0.497 e. The van der Waals surface area contributed by atoms with E-state index in [1.807, 2.05) is 32.0 Å². The molecule has 0 fully saturated rings. The van der Waals surface area contributed by atoms with Crippen molar-refractivity contribution in [3.05, 3.63) is 35.3 Å². The second-order valence-corrected chi connectivity index (χ2v) is 4.48. The zero-order chi connectivity index (χ0) is 13.4. The molecular formula is C15H21NOS. The van der Waals surface area contributed by atoms with E-state index in [9.17, 15) is 0 Å². The van der Waals surface area contributed by atoms with E-state index in [-0.39, 0.29) is 0 Å². The summed E-state index contributed by atoms with van der Waals surface area (Å²) in [6, 6.07) is 8.03. The van der Waals surface area contributed by atoms with Crippen molar-refractivity contribution in [3.8, 4) is 16.3 Å². The van der Waals surface area contributed by atoms with Crippen molar-refractivity contribution in [2.45, 2.75) is 33.6 Å². The van der Waals surface area contributed by atoms with Gasteiger partial charge in [0.15, 0.2) is 0 Å². The molecule has 1 aromatic heterocycles. The molecule has 1 aromatic carbocycles. The highest BCUT2D eigenvalue weighted by Gasteiger charge is 2.04. The number of hydrogen-bond donors (Lipinski definition) is 0. The standard InChI is InChI=1S/C13H15NOS.C2H6/c1-3-5-11-9-16-13(14-11)10-6-4-7-12(8-10)15-2;1-2/h4,6-9H,3,5H2,1-2H3;1-2H3. The van der Waals surface area contributed by atoms with E-state index >= 15 is 0 Å². The van der Waals surface area contributed by atoms with Crippen molar-refractivity contribution in [2.24, 2.45) is 0 Å². The zero-order valence-electron chi connectivity index (χ0n) is 11.6. The van der Waals surface area contributed by atoms with Crippen LogP contribution in [0.15, 0.2) is 29.6 Å². The van der Waals surface area contributed by atoms with Crippen LogP contribution >= 0.6 is 11.3 Å². The Balaban J connectivity index is 0.000000771. The van der Waals surface area contributed by atoms with Crippen molar-refractivity contribution in [1.82, 2.24) is 4.98 Å². The van der Waals surface area contributed by atoms with Crippen LogP contribution in [0.5, 0.6) is 5.75 Å². The summed E-state index contributed by atoms with van der Waals surface area (Å²) in [7, 11) is 1.68. The van der Waals surface area contributed by atoms with Crippen molar-refractivity contribution in [3.63, 3.8) is 0 Å². The van der Waals surface area contributed by atoms with Crippen molar-refractivity contribution < 1.29 is 4.74 Å². The molecule has 3 heteroatoms. The summed E-state index contributed by atoms with van der Waals surface area (Å²) in [5.41, 5.74) is 2.32. The molecule has 0 amide bonds. The molecule has 0 saturated carbocycles. The molecule has 2 aromatic rings. The average Bonchev–Trinajstić information content (AvgIpc) is 2.90. The molecule has 0 atom stereocenters. The number of thiazole rings is 1. The van der Waals surface area contributed by atoms with Crippen LogP contribution in [-0.2, 0) is 6.42 Å². The molecule has 1 heterocycles. The Bertz CT molecular complexity index is 465. The first-order chi connectivity index (χ1) is 8.83. The van der Waals surface area contributed by atoms with Crippen LogP contribution in [0.4, 0.5) is 0 Å². The van der Waals surface area contributed by atoms with Crippen molar-refractivity contribution >= 4 is 11.3 Å². The Labute approximate surface area is 114 Å². The Hall–Kier alpha value is -1.35. The van der Waals surface area contributed by atoms with Crippen LogP contribution in [0.3, 0.4) is 0 Å². The third-order valence-electron chi connectivity index (χ3n) is 2.37. The van der Waals surface area contributed by atoms with E-state index in [1.54, 1.807) is 18.4 Å². The number of aryl methyl sites for hydroxylation is 1. The fraction of sp³-hybridized carbons (Fsp3) is 0.400. The number of aromatic nitrogens is 1. The van der Waals surface area contributed by atoms with Gasteiger partial charge < -0.3 is 4.74 Å². The molecular weight excluding hydrogens is 242 g/mol. The maximum Gasteiger partial charge on any atom is 0.123 e. The molecule has 0 radical (unpaired) electrons. The predicted octanol–water partition coefficient (Wildman–Crippen LogP) is 4.80. The fourth-order valence-corrected chi connectivity index (χ4v) is 2.42. The molecule has 0 bridgehead atoms. The molecule has 0 aliphatic rings. The van der Waals surface area contributed by atoms with Gasteiger partial charge in [0.05, 0.1) is 12.8 Å². The smallest absolute Gasteiger partial charge is 0.123 e. The average molecular weight is 263 g/mol. The molecule has 0 N–H and O–H groups in total. The third-order valence-corrected chi connectivity index (χ3v) is 3.31. The van der Waals surface area contributed by atoms with E-state index < -0.39 is 0 Å². The topological polar surface area (TPSA) is 22.1 Å². The van der Waals surface area contributed by atoms with Crippen molar-refractivity contribution in [2.75, 3.05) is 7.11 Å². The van der Waals surface area contributed by atoms with E-state index in [0.717, 1.165) is 29.2 Å². The van der Waals surface area contributed by atoms with Gasteiger partial charge in [-0.3, -0.25) is 0 Å². The first kappa shape index (κ1) is 14.7. The zero-order valence-corrected chi connectivity index (χ0v) is 12.4. The minimum atomic E-state index is 0.879. The van der Waals surface area contributed by atoms with Crippen LogP contribution in [-0.4, -0.2) is 12.1 Å².